The summed E-state index contributed by atoms with van der Waals surface area (Å²) in [5.41, 5.74) is 0.267. The third-order valence-electron chi connectivity index (χ3n) is 2.64. The second-order valence-corrected chi connectivity index (χ2v) is 6.59. The van der Waals surface area contributed by atoms with E-state index < -0.39 is 16.0 Å². The van der Waals surface area contributed by atoms with E-state index in [1.54, 1.807) is 6.92 Å². The lowest BCUT2D eigenvalue weighted by atomic mass is 10.1. The van der Waals surface area contributed by atoms with Gasteiger partial charge < -0.3 is 5.11 Å². The number of benzene rings is 1. The summed E-state index contributed by atoms with van der Waals surface area (Å²) in [6.07, 6.45) is 4.00. The van der Waals surface area contributed by atoms with Crippen molar-refractivity contribution in [2.45, 2.75) is 11.8 Å². The predicted octanol–water partition coefficient (Wildman–Crippen LogP) is 2.05. The van der Waals surface area contributed by atoms with Crippen LogP contribution in [0.3, 0.4) is 0 Å². The molecular weight excluding hydrogens is 362 g/mol. The predicted molar refractivity (Wildman–Crippen MR) is 78.7 cm³/mol. The number of aromatic carboxylic acids is 1. The number of nitrogens with one attached hydrogen (secondary N) is 1. The van der Waals surface area contributed by atoms with Crippen LogP contribution in [0.1, 0.15) is 15.9 Å². The Hall–Kier alpha value is -2.00. The average Bonchev–Trinajstić information content (AvgIpc) is 2.41. The molecule has 7 nitrogen and oxygen atoms in total. The molecule has 110 valence electrons. The highest BCUT2D eigenvalue weighted by molar-refractivity contribution is 9.10. The number of anilines is 1. The Kier molecular flexibility index (Phi) is 4.24. The summed E-state index contributed by atoms with van der Waals surface area (Å²) in [6.45, 7) is 1.57. The van der Waals surface area contributed by atoms with Crippen molar-refractivity contribution in [1.82, 2.24) is 9.97 Å². The molecule has 0 aliphatic heterocycles. The molecule has 1 aromatic heterocycles. The number of carbonyl (C=O) groups is 1. The molecule has 21 heavy (non-hydrogen) atoms. The number of carboxylic acids is 1. The Morgan fingerprint density at radius 3 is 2.62 bits per heavy atom. The SMILES string of the molecule is Cc1c(Br)cc(C(=O)O)cc1S(=O)(=O)Nc1cnccn1. The monoisotopic (exact) mass is 371 g/mol. The number of aromatic nitrogens is 2. The molecule has 0 aliphatic carbocycles. The molecule has 1 heterocycles. The van der Waals surface area contributed by atoms with Gasteiger partial charge >= 0.3 is 5.97 Å². The lowest BCUT2D eigenvalue weighted by molar-refractivity contribution is 0.0696. The molecule has 0 atom stereocenters. The zero-order chi connectivity index (χ0) is 15.6. The highest BCUT2D eigenvalue weighted by Gasteiger charge is 2.21. The van der Waals surface area contributed by atoms with Crippen LogP contribution in [0, 0.1) is 6.92 Å². The van der Waals surface area contributed by atoms with E-state index in [-0.39, 0.29) is 16.3 Å². The number of hydrogen-bond donors (Lipinski definition) is 2. The summed E-state index contributed by atoms with van der Waals surface area (Å²) in [5.74, 6) is -1.17. The zero-order valence-electron chi connectivity index (χ0n) is 10.7. The maximum atomic E-state index is 12.4. The van der Waals surface area contributed by atoms with Crippen molar-refractivity contribution >= 4 is 37.7 Å². The molecule has 2 rings (SSSR count). The first-order chi connectivity index (χ1) is 9.81. The van der Waals surface area contributed by atoms with E-state index in [2.05, 4.69) is 30.6 Å². The molecule has 1 aromatic carbocycles. The molecule has 0 saturated carbocycles. The Morgan fingerprint density at radius 2 is 2.05 bits per heavy atom. The molecule has 0 saturated heterocycles. The summed E-state index contributed by atoms with van der Waals surface area (Å²) < 4.78 is 27.4. The Morgan fingerprint density at radius 1 is 1.33 bits per heavy atom. The van der Waals surface area contributed by atoms with Gasteiger partial charge in [-0.3, -0.25) is 9.71 Å². The summed E-state index contributed by atoms with van der Waals surface area (Å²) in [6, 6.07) is 2.44. The van der Waals surface area contributed by atoms with Gasteiger partial charge in [-0.25, -0.2) is 18.2 Å². The lowest BCUT2D eigenvalue weighted by Gasteiger charge is -2.11. The van der Waals surface area contributed by atoms with Gasteiger partial charge in [-0.1, -0.05) is 15.9 Å². The maximum Gasteiger partial charge on any atom is 0.335 e. The van der Waals surface area contributed by atoms with E-state index in [0.29, 0.717) is 10.0 Å². The van der Waals surface area contributed by atoms with Gasteiger partial charge in [0.1, 0.15) is 0 Å². The highest BCUT2D eigenvalue weighted by Crippen LogP contribution is 2.27. The van der Waals surface area contributed by atoms with Crippen LogP contribution in [0.15, 0.2) is 40.1 Å². The van der Waals surface area contributed by atoms with Crippen molar-refractivity contribution in [3.8, 4) is 0 Å². The minimum absolute atomic E-state index is 0.0498. The molecule has 0 amide bonds. The van der Waals surface area contributed by atoms with Gasteiger partial charge in [0, 0.05) is 16.9 Å². The summed E-state index contributed by atoms with van der Waals surface area (Å²) in [7, 11) is -3.97. The molecule has 0 aliphatic rings. The number of sulfonamides is 1. The molecule has 2 N–H and O–H groups in total. The van der Waals surface area contributed by atoms with Crippen molar-refractivity contribution in [1.29, 1.82) is 0 Å². The van der Waals surface area contributed by atoms with Crippen LogP contribution in [-0.4, -0.2) is 29.5 Å². The smallest absolute Gasteiger partial charge is 0.335 e. The summed E-state index contributed by atoms with van der Waals surface area (Å²) in [5, 5.41) is 9.02. The van der Waals surface area contributed by atoms with Crippen LogP contribution in [0.25, 0.3) is 0 Å². The fourth-order valence-corrected chi connectivity index (χ4v) is 3.48. The second kappa shape index (κ2) is 5.78. The van der Waals surface area contributed by atoms with Gasteiger partial charge in [0.2, 0.25) is 0 Å². The maximum absolute atomic E-state index is 12.4. The van der Waals surface area contributed by atoms with E-state index in [9.17, 15) is 13.2 Å². The van der Waals surface area contributed by atoms with E-state index in [0.717, 1.165) is 6.07 Å². The Labute approximate surface area is 129 Å². The first-order valence-electron chi connectivity index (χ1n) is 5.63. The van der Waals surface area contributed by atoms with Crippen molar-refractivity contribution in [3.05, 3.63) is 46.3 Å². The summed E-state index contributed by atoms with van der Waals surface area (Å²) in [4.78, 5) is 18.5. The number of rotatable bonds is 4. The topological polar surface area (TPSA) is 109 Å². The zero-order valence-corrected chi connectivity index (χ0v) is 13.1. The van der Waals surface area contributed by atoms with Crippen molar-refractivity contribution in [3.63, 3.8) is 0 Å². The fraction of sp³-hybridized carbons (Fsp3) is 0.0833. The highest BCUT2D eigenvalue weighted by atomic mass is 79.9. The van der Waals surface area contributed by atoms with Crippen LogP contribution in [0.5, 0.6) is 0 Å². The summed E-state index contributed by atoms with van der Waals surface area (Å²) >= 11 is 3.16. The molecule has 0 fully saturated rings. The van der Waals surface area contributed by atoms with E-state index in [1.165, 1.54) is 24.7 Å². The van der Waals surface area contributed by atoms with Crippen molar-refractivity contribution < 1.29 is 18.3 Å². The van der Waals surface area contributed by atoms with Gasteiger partial charge in [-0.2, -0.15) is 0 Å². The number of halogens is 1. The van der Waals surface area contributed by atoms with Crippen molar-refractivity contribution in [2.75, 3.05) is 4.72 Å². The first-order valence-corrected chi connectivity index (χ1v) is 7.91. The molecule has 0 radical (unpaired) electrons. The van der Waals surface area contributed by atoms with Crippen LogP contribution in [0.4, 0.5) is 5.82 Å². The van der Waals surface area contributed by atoms with E-state index in [1.807, 2.05) is 0 Å². The van der Waals surface area contributed by atoms with Crippen LogP contribution < -0.4 is 4.72 Å². The van der Waals surface area contributed by atoms with Crippen molar-refractivity contribution in [2.24, 2.45) is 0 Å². The quantitative estimate of drug-likeness (QED) is 0.850. The molecular formula is C12H10BrN3O4S. The minimum atomic E-state index is -3.97. The number of hydrogen-bond acceptors (Lipinski definition) is 5. The lowest BCUT2D eigenvalue weighted by Crippen LogP contribution is -2.16. The largest absolute Gasteiger partial charge is 0.478 e. The van der Waals surface area contributed by atoms with E-state index in [4.69, 9.17) is 5.11 Å². The van der Waals surface area contributed by atoms with Gasteiger partial charge in [0.25, 0.3) is 10.0 Å². The Bertz CT molecular complexity index is 794. The first kappa shape index (κ1) is 15.4. The third-order valence-corrected chi connectivity index (χ3v) is 4.94. The van der Waals surface area contributed by atoms with Crippen LogP contribution in [-0.2, 0) is 10.0 Å². The third kappa shape index (κ3) is 3.37. The molecule has 0 spiro atoms. The van der Waals surface area contributed by atoms with E-state index >= 15 is 0 Å². The molecule has 2 aromatic rings. The number of carboxylic acid groups (broad SMARTS) is 1. The standard InChI is InChI=1S/C12H10BrN3O4S/c1-7-9(13)4-8(12(17)18)5-10(7)21(19,20)16-11-6-14-2-3-15-11/h2-6H,1H3,(H,15,16)(H,17,18). The fourth-order valence-electron chi connectivity index (χ4n) is 1.60. The Balaban J connectivity index is 2.52. The van der Waals surface area contributed by atoms with Gasteiger partial charge in [-0.05, 0) is 24.6 Å². The molecule has 0 bridgehead atoms. The number of nitrogens with zero attached hydrogens (tertiary/aromatic N) is 2. The minimum Gasteiger partial charge on any atom is -0.478 e. The molecule has 0 unspecified atom stereocenters. The van der Waals surface area contributed by atoms with Gasteiger partial charge in [0.05, 0.1) is 16.7 Å². The average molecular weight is 372 g/mol. The molecule has 9 heteroatoms. The van der Waals surface area contributed by atoms with Gasteiger partial charge in [-0.15, -0.1) is 0 Å². The van der Waals surface area contributed by atoms with Gasteiger partial charge in [0.15, 0.2) is 5.82 Å². The normalized spacial score (nSPS) is 11.1. The second-order valence-electron chi connectivity index (χ2n) is 4.08. The van der Waals surface area contributed by atoms with Crippen LogP contribution in [0.2, 0.25) is 0 Å². The van der Waals surface area contributed by atoms with Crippen LogP contribution >= 0.6 is 15.9 Å².